The highest BCUT2D eigenvalue weighted by molar-refractivity contribution is 7.92. The monoisotopic (exact) mass is 563 g/mol. The molecule has 0 aromatic heterocycles. The highest BCUT2D eigenvalue weighted by Gasteiger charge is 2.55. The molecule has 2 aromatic rings. The second kappa shape index (κ2) is 9.90. The second-order valence-electron chi connectivity index (χ2n) is 11.1. The Balaban J connectivity index is 1.68. The molecule has 0 unspecified atom stereocenters. The van der Waals surface area contributed by atoms with Crippen molar-refractivity contribution in [2.75, 3.05) is 5.75 Å². The molecule has 0 spiro atoms. The Morgan fingerprint density at radius 3 is 2.30 bits per heavy atom. The summed E-state index contributed by atoms with van der Waals surface area (Å²) in [5, 5.41) is 10.5. The van der Waals surface area contributed by atoms with Crippen molar-refractivity contribution in [2.24, 2.45) is 11.3 Å². The number of rotatable bonds is 9. The summed E-state index contributed by atoms with van der Waals surface area (Å²) in [5.74, 6) is -1.66. The van der Waals surface area contributed by atoms with Crippen LogP contribution in [0.1, 0.15) is 68.5 Å². The van der Waals surface area contributed by atoms with Gasteiger partial charge in [-0.15, -0.1) is 0 Å². The summed E-state index contributed by atoms with van der Waals surface area (Å²) in [7, 11) is -3.38. The molecule has 2 aromatic carbocycles. The Morgan fingerprint density at radius 2 is 1.73 bits per heavy atom. The molecule has 2 aliphatic carbocycles. The number of piperidine rings is 1. The van der Waals surface area contributed by atoms with Gasteiger partial charge in [0.05, 0.1) is 28.9 Å². The van der Waals surface area contributed by atoms with Crippen molar-refractivity contribution in [1.82, 2.24) is 4.90 Å². The summed E-state index contributed by atoms with van der Waals surface area (Å²) in [5.41, 5.74) is 0.536. The maximum absolute atomic E-state index is 14.3. The number of carbonyl (C=O) groups excluding carboxylic acids is 1. The van der Waals surface area contributed by atoms with E-state index in [4.69, 9.17) is 23.2 Å². The maximum Gasteiger partial charge on any atom is 0.304 e. The second-order valence-corrected chi connectivity index (χ2v) is 14.3. The summed E-state index contributed by atoms with van der Waals surface area (Å²) in [4.78, 5) is 28.0. The molecule has 0 bridgehead atoms. The van der Waals surface area contributed by atoms with Crippen molar-refractivity contribution < 1.29 is 23.1 Å². The summed E-state index contributed by atoms with van der Waals surface area (Å²) < 4.78 is 26.5. The standard InChI is InChI=1S/C28H31Cl2NO5S/c1-28(15-25(32)33)14-23(19-3-2-4-21(30)13-19)26(18-7-9-20(29)10-8-18)31(27(28)34)24(17-5-6-17)16-37(35,36)22-11-12-22/h2-4,7-10,13,17,22-24,26H,5-6,11-12,14-16H2,1H3,(H,32,33)/t23-,24-,26-,28-/m1/s1. The fourth-order valence-electron chi connectivity index (χ4n) is 5.97. The Morgan fingerprint density at radius 1 is 1.05 bits per heavy atom. The van der Waals surface area contributed by atoms with E-state index in [1.807, 2.05) is 30.3 Å². The molecule has 1 amide bonds. The molecule has 3 fully saturated rings. The van der Waals surface area contributed by atoms with Crippen LogP contribution < -0.4 is 0 Å². The van der Waals surface area contributed by atoms with Crippen molar-refractivity contribution >= 4 is 44.9 Å². The number of carboxylic acids is 1. The third-order valence-electron chi connectivity index (χ3n) is 8.09. The number of halogens is 2. The minimum atomic E-state index is -3.38. The predicted molar refractivity (Wildman–Crippen MR) is 144 cm³/mol. The lowest BCUT2D eigenvalue weighted by Crippen LogP contribution is -2.58. The predicted octanol–water partition coefficient (Wildman–Crippen LogP) is 5.89. The highest BCUT2D eigenvalue weighted by Crippen LogP contribution is 2.54. The normalized spacial score (nSPS) is 27.2. The largest absolute Gasteiger partial charge is 0.481 e. The number of amides is 1. The van der Waals surface area contributed by atoms with E-state index in [1.54, 1.807) is 30.0 Å². The van der Waals surface area contributed by atoms with Gasteiger partial charge in [-0.05, 0) is 73.4 Å². The molecule has 198 valence electrons. The van der Waals surface area contributed by atoms with Crippen LogP contribution in [-0.2, 0) is 19.4 Å². The van der Waals surface area contributed by atoms with E-state index in [0.29, 0.717) is 29.3 Å². The van der Waals surface area contributed by atoms with E-state index < -0.39 is 33.3 Å². The number of hydrogen-bond acceptors (Lipinski definition) is 4. The lowest BCUT2D eigenvalue weighted by atomic mass is 9.67. The average Bonchev–Trinajstić information content (AvgIpc) is 3.72. The van der Waals surface area contributed by atoms with E-state index in [0.717, 1.165) is 24.0 Å². The van der Waals surface area contributed by atoms with Crippen molar-refractivity contribution in [2.45, 2.75) is 68.7 Å². The minimum absolute atomic E-state index is 0.0689. The van der Waals surface area contributed by atoms with E-state index in [1.165, 1.54) is 0 Å². The van der Waals surface area contributed by atoms with Gasteiger partial charge < -0.3 is 10.0 Å². The van der Waals surface area contributed by atoms with Crippen LogP contribution in [0.25, 0.3) is 0 Å². The van der Waals surface area contributed by atoms with Gasteiger partial charge in [0.25, 0.3) is 0 Å². The smallest absolute Gasteiger partial charge is 0.304 e. The van der Waals surface area contributed by atoms with Gasteiger partial charge in [0.2, 0.25) is 5.91 Å². The molecular weight excluding hydrogens is 533 g/mol. The molecule has 1 heterocycles. The molecular formula is C28H31Cl2NO5S. The Kier molecular flexibility index (Phi) is 7.09. The molecule has 5 rings (SSSR count). The third kappa shape index (κ3) is 5.55. The summed E-state index contributed by atoms with van der Waals surface area (Å²) in [6, 6.07) is 13.7. The van der Waals surface area contributed by atoms with Crippen molar-refractivity contribution in [1.29, 1.82) is 0 Å². The summed E-state index contributed by atoms with van der Waals surface area (Å²) in [6.07, 6.45) is 2.99. The highest BCUT2D eigenvalue weighted by atomic mass is 35.5. The number of aliphatic carboxylic acids is 1. The van der Waals surface area contributed by atoms with Crippen molar-refractivity contribution in [3.05, 3.63) is 69.7 Å². The zero-order chi connectivity index (χ0) is 26.5. The van der Waals surface area contributed by atoms with Gasteiger partial charge in [-0.2, -0.15) is 0 Å². The third-order valence-corrected chi connectivity index (χ3v) is 10.9. The van der Waals surface area contributed by atoms with Crippen LogP contribution in [-0.4, -0.2) is 47.3 Å². The first kappa shape index (κ1) is 26.5. The van der Waals surface area contributed by atoms with Gasteiger partial charge in [-0.3, -0.25) is 9.59 Å². The summed E-state index contributed by atoms with van der Waals surface area (Å²) in [6.45, 7) is 1.70. The summed E-state index contributed by atoms with van der Waals surface area (Å²) >= 11 is 12.6. The van der Waals surface area contributed by atoms with Crippen molar-refractivity contribution in [3.63, 3.8) is 0 Å². The van der Waals surface area contributed by atoms with Crippen LogP contribution in [0.3, 0.4) is 0 Å². The van der Waals surface area contributed by atoms with Gasteiger partial charge in [-0.25, -0.2) is 8.42 Å². The quantitative estimate of drug-likeness (QED) is 0.410. The Bertz CT molecular complexity index is 1310. The number of likely N-dealkylation sites (tertiary alicyclic amines) is 1. The van der Waals surface area contributed by atoms with Crippen LogP contribution in [0.5, 0.6) is 0 Å². The topological polar surface area (TPSA) is 91.8 Å². The van der Waals surface area contributed by atoms with E-state index in [9.17, 15) is 23.1 Å². The number of sulfone groups is 1. The average molecular weight is 565 g/mol. The molecule has 4 atom stereocenters. The van der Waals surface area contributed by atoms with Crippen LogP contribution in [0.4, 0.5) is 0 Å². The number of nitrogens with zero attached hydrogens (tertiary/aromatic N) is 1. The fourth-order valence-corrected chi connectivity index (χ4v) is 8.33. The first-order chi connectivity index (χ1) is 17.5. The van der Waals surface area contributed by atoms with Crippen LogP contribution in [0.2, 0.25) is 10.0 Å². The zero-order valence-corrected chi connectivity index (χ0v) is 23.0. The fraction of sp³-hybridized carbons (Fsp3) is 0.500. The number of carboxylic acid groups (broad SMARTS) is 1. The molecule has 9 heteroatoms. The molecule has 37 heavy (non-hydrogen) atoms. The van der Waals surface area contributed by atoms with Crippen LogP contribution >= 0.6 is 23.2 Å². The molecule has 0 radical (unpaired) electrons. The van der Waals surface area contributed by atoms with Gasteiger partial charge in [-0.1, -0.05) is 54.4 Å². The van der Waals surface area contributed by atoms with Crippen LogP contribution in [0.15, 0.2) is 48.5 Å². The van der Waals surface area contributed by atoms with E-state index >= 15 is 0 Å². The van der Waals surface area contributed by atoms with E-state index in [2.05, 4.69) is 0 Å². The Labute approximate surface area is 227 Å². The molecule has 1 saturated heterocycles. The lowest BCUT2D eigenvalue weighted by Gasteiger charge is -2.52. The number of hydrogen-bond donors (Lipinski definition) is 1. The van der Waals surface area contributed by atoms with Gasteiger partial charge in [0, 0.05) is 22.0 Å². The molecule has 1 N–H and O–H groups in total. The molecule has 3 aliphatic rings. The lowest BCUT2D eigenvalue weighted by molar-refractivity contribution is -0.160. The molecule has 1 aliphatic heterocycles. The van der Waals surface area contributed by atoms with Gasteiger partial charge in [0.15, 0.2) is 9.84 Å². The van der Waals surface area contributed by atoms with E-state index in [-0.39, 0.29) is 35.2 Å². The first-order valence-electron chi connectivity index (χ1n) is 12.8. The molecule has 6 nitrogen and oxygen atoms in total. The molecule has 2 saturated carbocycles. The minimum Gasteiger partial charge on any atom is -0.481 e. The first-order valence-corrected chi connectivity index (χ1v) is 15.2. The Hall–Kier alpha value is -2.09. The van der Waals surface area contributed by atoms with Crippen molar-refractivity contribution in [3.8, 4) is 0 Å². The SMILES string of the molecule is C[C@]1(CC(=O)O)C[C@H](c2cccc(Cl)c2)[C@@H](c2ccc(Cl)cc2)N([C@H](CS(=O)(=O)C2CC2)C2CC2)C1=O. The number of carbonyl (C=O) groups is 2. The van der Waals surface area contributed by atoms with Crippen LogP contribution in [0, 0.1) is 11.3 Å². The van der Waals surface area contributed by atoms with Gasteiger partial charge in [0.1, 0.15) is 0 Å². The maximum atomic E-state index is 14.3. The zero-order valence-electron chi connectivity index (χ0n) is 20.6. The van der Waals surface area contributed by atoms with Gasteiger partial charge >= 0.3 is 5.97 Å². The number of benzene rings is 2.